The van der Waals surface area contributed by atoms with Gasteiger partial charge in [0.1, 0.15) is 0 Å². The first-order valence-electron chi connectivity index (χ1n) is 8.05. The Morgan fingerprint density at radius 1 is 1.28 bits per heavy atom. The van der Waals surface area contributed by atoms with Crippen LogP contribution in [0.15, 0.2) is 42.6 Å². The van der Waals surface area contributed by atoms with Gasteiger partial charge in [0.2, 0.25) is 0 Å². The molecule has 1 aromatic carbocycles. The summed E-state index contributed by atoms with van der Waals surface area (Å²) in [6, 6.07) is 11.4. The number of ether oxygens (including phenoxy) is 2. The molecule has 6 heteroatoms. The van der Waals surface area contributed by atoms with E-state index in [1.165, 1.54) is 7.11 Å². The summed E-state index contributed by atoms with van der Waals surface area (Å²) in [4.78, 5) is 19.2. The van der Waals surface area contributed by atoms with Gasteiger partial charge in [-0.25, -0.2) is 4.79 Å². The van der Waals surface area contributed by atoms with E-state index in [4.69, 9.17) is 21.1 Å². The lowest BCUT2D eigenvalue weighted by Gasteiger charge is -2.05. The number of rotatable bonds is 7. The number of carbonyl (C=O) groups excluding carboxylic acids is 1. The Kier molecular flexibility index (Phi) is 5.68. The maximum absolute atomic E-state index is 11.8. The molecule has 0 bridgehead atoms. The van der Waals surface area contributed by atoms with E-state index >= 15 is 0 Å². The van der Waals surface area contributed by atoms with E-state index in [1.54, 1.807) is 12.3 Å². The van der Waals surface area contributed by atoms with Crippen LogP contribution in [-0.2, 0) is 22.5 Å². The predicted molar refractivity (Wildman–Crippen MR) is 96.9 cm³/mol. The lowest BCUT2D eigenvalue weighted by Crippen LogP contribution is -2.02. The summed E-state index contributed by atoms with van der Waals surface area (Å²) >= 11 is 6.14. The second-order valence-electron chi connectivity index (χ2n) is 5.65. The molecule has 0 fully saturated rings. The molecule has 2 aromatic heterocycles. The van der Waals surface area contributed by atoms with Crippen molar-refractivity contribution in [1.82, 2.24) is 9.97 Å². The Bertz CT molecular complexity index is 876. The summed E-state index contributed by atoms with van der Waals surface area (Å²) < 4.78 is 10.5. The first-order valence-corrected chi connectivity index (χ1v) is 8.43. The fourth-order valence-electron chi connectivity index (χ4n) is 2.69. The van der Waals surface area contributed by atoms with Crippen molar-refractivity contribution in [3.05, 3.63) is 64.4 Å². The minimum Gasteiger partial charge on any atom is -0.465 e. The standard InChI is InChI=1S/C19H19ClN2O3/c1-24-19(23)15-8-9-21-17-11-14(22-18(15)17)12-25-10-4-6-13-5-2-3-7-16(13)20/h2-3,5,7-9,11,22H,4,6,10,12H2,1H3. The van der Waals surface area contributed by atoms with Crippen molar-refractivity contribution < 1.29 is 14.3 Å². The van der Waals surface area contributed by atoms with Gasteiger partial charge in [-0.15, -0.1) is 0 Å². The van der Waals surface area contributed by atoms with Gasteiger partial charge in [-0.2, -0.15) is 0 Å². The average molecular weight is 359 g/mol. The third-order valence-corrected chi connectivity index (χ3v) is 4.30. The smallest absolute Gasteiger partial charge is 0.340 e. The zero-order valence-corrected chi connectivity index (χ0v) is 14.7. The molecular weight excluding hydrogens is 340 g/mol. The van der Waals surface area contributed by atoms with Crippen LogP contribution >= 0.6 is 11.6 Å². The number of aromatic nitrogens is 2. The molecule has 0 spiro atoms. The number of hydrogen-bond acceptors (Lipinski definition) is 4. The van der Waals surface area contributed by atoms with Crippen molar-refractivity contribution in [1.29, 1.82) is 0 Å². The van der Waals surface area contributed by atoms with Gasteiger partial charge in [0.15, 0.2) is 0 Å². The van der Waals surface area contributed by atoms with Crippen LogP contribution in [0.1, 0.15) is 28.0 Å². The Balaban J connectivity index is 1.55. The number of nitrogens with one attached hydrogen (secondary N) is 1. The number of carbonyl (C=O) groups is 1. The summed E-state index contributed by atoms with van der Waals surface area (Å²) in [5.74, 6) is -0.388. The molecule has 0 aliphatic heterocycles. The molecule has 0 saturated carbocycles. The van der Waals surface area contributed by atoms with Gasteiger partial charge in [-0.3, -0.25) is 4.98 Å². The van der Waals surface area contributed by atoms with Gasteiger partial charge in [-0.05, 0) is 36.6 Å². The van der Waals surface area contributed by atoms with Crippen LogP contribution in [0, 0.1) is 0 Å². The molecule has 0 aliphatic carbocycles. The molecule has 2 heterocycles. The number of nitrogens with zero attached hydrogens (tertiary/aromatic N) is 1. The lowest BCUT2D eigenvalue weighted by atomic mass is 10.1. The van der Waals surface area contributed by atoms with Crippen LogP contribution in [0.4, 0.5) is 0 Å². The van der Waals surface area contributed by atoms with Gasteiger partial charge in [-0.1, -0.05) is 29.8 Å². The highest BCUT2D eigenvalue weighted by Gasteiger charge is 2.13. The molecule has 0 aliphatic rings. The first-order chi connectivity index (χ1) is 12.2. The monoisotopic (exact) mass is 358 g/mol. The number of hydrogen-bond donors (Lipinski definition) is 1. The minimum atomic E-state index is -0.388. The third-order valence-electron chi connectivity index (χ3n) is 3.93. The molecule has 0 atom stereocenters. The van der Waals surface area contributed by atoms with Gasteiger partial charge in [0.05, 0.1) is 30.3 Å². The minimum absolute atomic E-state index is 0.388. The molecule has 0 saturated heterocycles. The van der Waals surface area contributed by atoms with Crippen molar-refractivity contribution >= 4 is 28.6 Å². The number of aryl methyl sites for hydroxylation is 1. The number of benzene rings is 1. The molecule has 3 rings (SSSR count). The summed E-state index contributed by atoms with van der Waals surface area (Å²) in [5.41, 5.74) is 3.86. The zero-order valence-electron chi connectivity index (χ0n) is 13.9. The van der Waals surface area contributed by atoms with Crippen LogP contribution in [0.2, 0.25) is 5.02 Å². The SMILES string of the molecule is COC(=O)c1ccnc2cc(COCCCc3ccccc3Cl)[nH]c12. The maximum Gasteiger partial charge on any atom is 0.340 e. The maximum atomic E-state index is 11.8. The molecule has 1 N–H and O–H groups in total. The van der Waals surface area contributed by atoms with Crippen molar-refractivity contribution in [3.8, 4) is 0 Å². The molecule has 130 valence electrons. The van der Waals surface area contributed by atoms with E-state index in [0.29, 0.717) is 24.3 Å². The normalized spacial score (nSPS) is 11.0. The Morgan fingerprint density at radius 3 is 2.92 bits per heavy atom. The van der Waals surface area contributed by atoms with Crippen molar-refractivity contribution in [3.63, 3.8) is 0 Å². The van der Waals surface area contributed by atoms with Crippen LogP contribution in [-0.4, -0.2) is 29.7 Å². The number of fused-ring (bicyclic) bond motifs is 1. The highest BCUT2D eigenvalue weighted by Crippen LogP contribution is 2.19. The second-order valence-corrected chi connectivity index (χ2v) is 6.06. The number of halogens is 1. The van der Waals surface area contributed by atoms with Crippen LogP contribution in [0.3, 0.4) is 0 Å². The van der Waals surface area contributed by atoms with Crippen LogP contribution in [0.5, 0.6) is 0 Å². The molecule has 0 unspecified atom stereocenters. The van der Waals surface area contributed by atoms with Crippen molar-refractivity contribution in [2.45, 2.75) is 19.4 Å². The number of aromatic amines is 1. The van der Waals surface area contributed by atoms with E-state index in [9.17, 15) is 4.79 Å². The summed E-state index contributed by atoms with van der Waals surface area (Å²) in [6.45, 7) is 1.05. The molecule has 0 radical (unpaired) electrons. The topological polar surface area (TPSA) is 64.2 Å². The third kappa shape index (κ3) is 4.18. The van der Waals surface area contributed by atoms with Crippen LogP contribution in [0.25, 0.3) is 11.0 Å². The molecule has 0 amide bonds. The number of methoxy groups -OCH3 is 1. The van der Waals surface area contributed by atoms with Gasteiger partial charge in [0.25, 0.3) is 0 Å². The zero-order chi connectivity index (χ0) is 17.6. The van der Waals surface area contributed by atoms with E-state index in [0.717, 1.165) is 34.6 Å². The second kappa shape index (κ2) is 8.14. The van der Waals surface area contributed by atoms with Gasteiger partial charge in [0, 0.05) is 23.5 Å². The van der Waals surface area contributed by atoms with Gasteiger partial charge < -0.3 is 14.5 Å². The fraction of sp³-hybridized carbons (Fsp3) is 0.263. The summed E-state index contributed by atoms with van der Waals surface area (Å²) in [6.07, 6.45) is 3.35. The largest absolute Gasteiger partial charge is 0.465 e. The van der Waals surface area contributed by atoms with E-state index in [1.807, 2.05) is 30.3 Å². The number of esters is 1. The summed E-state index contributed by atoms with van der Waals surface area (Å²) in [7, 11) is 1.36. The molecule has 25 heavy (non-hydrogen) atoms. The van der Waals surface area contributed by atoms with E-state index in [2.05, 4.69) is 9.97 Å². The predicted octanol–water partition coefficient (Wildman–Crippen LogP) is 4.15. The van der Waals surface area contributed by atoms with Crippen molar-refractivity contribution in [2.24, 2.45) is 0 Å². The first kappa shape index (κ1) is 17.5. The Labute approximate surface area is 150 Å². The average Bonchev–Trinajstić information content (AvgIpc) is 3.05. The fourth-order valence-corrected chi connectivity index (χ4v) is 2.92. The Morgan fingerprint density at radius 2 is 2.12 bits per heavy atom. The van der Waals surface area contributed by atoms with Gasteiger partial charge >= 0.3 is 5.97 Å². The number of pyridine rings is 1. The van der Waals surface area contributed by atoms with E-state index in [-0.39, 0.29) is 5.97 Å². The molecular formula is C19H19ClN2O3. The summed E-state index contributed by atoms with van der Waals surface area (Å²) in [5, 5.41) is 0.791. The number of H-pyrrole nitrogens is 1. The quantitative estimate of drug-likeness (QED) is 0.509. The molecule has 3 aromatic rings. The lowest BCUT2D eigenvalue weighted by molar-refractivity contribution is 0.0602. The Hall–Kier alpha value is -2.37. The highest BCUT2D eigenvalue weighted by molar-refractivity contribution is 6.31. The van der Waals surface area contributed by atoms with E-state index < -0.39 is 0 Å². The van der Waals surface area contributed by atoms with Crippen LogP contribution < -0.4 is 0 Å². The highest BCUT2D eigenvalue weighted by atomic mass is 35.5. The molecule has 5 nitrogen and oxygen atoms in total. The van der Waals surface area contributed by atoms with Crippen molar-refractivity contribution in [2.75, 3.05) is 13.7 Å².